The first kappa shape index (κ1) is 26.0. The van der Waals surface area contributed by atoms with Gasteiger partial charge in [-0.2, -0.15) is 0 Å². The quantitative estimate of drug-likeness (QED) is 0.614. The summed E-state index contributed by atoms with van der Waals surface area (Å²) in [6.07, 6.45) is 3.20. The first-order valence-electron chi connectivity index (χ1n) is 13.1. The third kappa shape index (κ3) is 6.18. The van der Waals surface area contributed by atoms with Gasteiger partial charge in [0.1, 0.15) is 5.60 Å². The number of nitrogens with zero attached hydrogens (tertiary/aromatic N) is 3. The summed E-state index contributed by atoms with van der Waals surface area (Å²) >= 11 is 0. The normalized spacial score (nSPS) is 20.8. The SMILES string of the molecule is CN(CC1CCCN(C(=O)C2CCCN(C(=O)c3cccc4ccccc34)C2)C1)C(=O)OC(C)(C)C. The molecule has 7 heteroatoms. The zero-order valence-corrected chi connectivity index (χ0v) is 22.0. The van der Waals surface area contributed by atoms with Crippen molar-refractivity contribution >= 4 is 28.7 Å². The molecule has 2 atom stereocenters. The van der Waals surface area contributed by atoms with E-state index in [2.05, 4.69) is 0 Å². The monoisotopic (exact) mass is 493 g/mol. The lowest BCUT2D eigenvalue weighted by Gasteiger charge is -2.39. The highest BCUT2D eigenvalue weighted by molar-refractivity contribution is 6.07. The van der Waals surface area contributed by atoms with Crippen LogP contribution in [0.25, 0.3) is 10.8 Å². The summed E-state index contributed by atoms with van der Waals surface area (Å²) in [6, 6.07) is 13.7. The number of fused-ring (bicyclic) bond motifs is 1. The van der Waals surface area contributed by atoms with Crippen molar-refractivity contribution in [2.24, 2.45) is 11.8 Å². The van der Waals surface area contributed by atoms with Crippen molar-refractivity contribution in [1.82, 2.24) is 14.7 Å². The first-order chi connectivity index (χ1) is 17.1. The van der Waals surface area contributed by atoms with Gasteiger partial charge in [0.05, 0.1) is 5.92 Å². The molecule has 4 rings (SSSR count). The predicted octanol–water partition coefficient (Wildman–Crippen LogP) is 4.80. The predicted molar refractivity (Wildman–Crippen MR) is 141 cm³/mol. The minimum atomic E-state index is -0.532. The molecule has 2 aromatic rings. The number of hydrogen-bond donors (Lipinski definition) is 0. The summed E-state index contributed by atoms with van der Waals surface area (Å²) < 4.78 is 5.48. The van der Waals surface area contributed by atoms with E-state index in [4.69, 9.17) is 4.74 Å². The number of amides is 3. The number of rotatable bonds is 4. The number of ether oxygens (including phenoxy) is 1. The molecule has 2 saturated heterocycles. The van der Waals surface area contributed by atoms with Gasteiger partial charge in [0.25, 0.3) is 5.91 Å². The molecule has 0 radical (unpaired) electrons. The second-order valence-corrected chi connectivity index (χ2v) is 11.3. The van der Waals surface area contributed by atoms with Gasteiger partial charge in [-0.3, -0.25) is 9.59 Å². The average Bonchev–Trinajstić information content (AvgIpc) is 2.86. The van der Waals surface area contributed by atoms with Crippen molar-refractivity contribution in [2.75, 3.05) is 39.8 Å². The van der Waals surface area contributed by atoms with Crippen LogP contribution >= 0.6 is 0 Å². The molecule has 2 aliphatic heterocycles. The summed E-state index contributed by atoms with van der Waals surface area (Å²) in [5, 5.41) is 2.00. The molecular weight excluding hydrogens is 454 g/mol. The van der Waals surface area contributed by atoms with E-state index in [1.165, 1.54) is 0 Å². The Morgan fingerprint density at radius 3 is 2.42 bits per heavy atom. The van der Waals surface area contributed by atoms with Crippen molar-refractivity contribution < 1.29 is 19.1 Å². The van der Waals surface area contributed by atoms with Crippen molar-refractivity contribution in [3.8, 4) is 0 Å². The third-order valence-corrected chi connectivity index (χ3v) is 7.15. The van der Waals surface area contributed by atoms with Gasteiger partial charge in [0, 0.05) is 45.3 Å². The summed E-state index contributed by atoms with van der Waals surface area (Å²) in [4.78, 5) is 44.8. The van der Waals surface area contributed by atoms with Crippen molar-refractivity contribution in [1.29, 1.82) is 0 Å². The number of carbonyl (C=O) groups excluding carboxylic acids is 3. The van der Waals surface area contributed by atoms with Gasteiger partial charge in [0.2, 0.25) is 5.91 Å². The molecule has 7 nitrogen and oxygen atoms in total. The maximum absolute atomic E-state index is 13.5. The third-order valence-electron chi connectivity index (χ3n) is 7.15. The van der Waals surface area contributed by atoms with E-state index in [1.807, 2.05) is 73.0 Å². The summed E-state index contributed by atoms with van der Waals surface area (Å²) in [7, 11) is 1.76. The van der Waals surface area contributed by atoms with Crippen LogP contribution < -0.4 is 0 Å². The van der Waals surface area contributed by atoms with Gasteiger partial charge < -0.3 is 19.4 Å². The Bertz CT molecular complexity index is 1100. The van der Waals surface area contributed by atoms with Crippen LogP contribution in [0.1, 0.15) is 56.8 Å². The highest BCUT2D eigenvalue weighted by Crippen LogP contribution is 2.26. The second-order valence-electron chi connectivity index (χ2n) is 11.3. The second kappa shape index (κ2) is 10.9. The van der Waals surface area contributed by atoms with Gasteiger partial charge in [-0.05, 0) is 69.2 Å². The van der Waals surface area contributed by atoms with Gasteiger partial charge >= 0.3 is 6.09 Å². The number of benzene rings is 2. The fourth-order valence-electron chi connectivity index (χ4n) is 5.42. The maximum atomic E-state index is 13.5. The number of piperidine rings is 2. The van der Waals surface area contributed by atoms with Gasteiger partial charge in [-0.25, -0.2) is 4.79 Å². The Morgan fingerprint density at radius 1 is 0.944 bits per heavy atom. The van der Waals surface area contributed by atoms with Crippen LogP contribution in [0.4, 0.5) is 4.79 Å². The zero-order chi connectivity index (χ0) is 25.9. The number of likely N-dealkylation sites (tertiary alicyclic amines) is 2. The lowest BCUT2D eigenvalue weighted by Crippen LogP contribution is -2.50. The average molecular weight is 494 g/mol. The molecule has 36 heavy (non-hydrogen) atoms. The Kier molecular flexibility index (Phi) is 7.86. The fourth-order valence-corrected chi connectivity index (χ4v) is 5.42. The van der Waals surface area contributed by atoms with E-state index in [1.54, 1.807) is 11.9 Å². The maximum Gasteiger partial charge on any atom is 0.410 e. The molecule has 2 fully saturated rings. The van der Waals surface area contributed by atoms with Crippen molar-refractivity contribution in [3.63, 3.8) is 0 Å². The Balaban J connectivity index is 1.37. The molecule has 0 aromatic heterocycles. The van der Waals surface area contributed by atoms with E-state index in [0.29, 0.717) is 31.7 Å². The summed E-state index contributed by atoms with van der Waals surface area (Å²) in [6.45, 7) is 8.65. The smallest absolute Gasteiger partial charge is 0.410 e. The van der Waals surface area contributed by atoms with Crippen LogP contribution in [-0.4, -0.2) is 78.0 Å². The molecule has 194 valence electrons. The summed E-state index contributed by atoms with van der Waals surface area (Å²) in [5.41, 5.74) is 0.167. The molecule has 2 aliphatic rings. The molecule has 0 bridgehead atoms. The van der Waals surface area contributed by atoms with Gasteiger partial charge in [-0.15, -0.1) is 0 Å². The molecule has 2 aromatic carbocycles. The molecule has 0 saturated carbocycles. The lowest BCUT2D eigenvalue weighted by atomic mass is 9.92. The van der Waals surface area contributed by atoms with E-state index in [0.717, 1.165) is 43.0 Å². The molecule has 0 aliphatic carbocycles. The van der Waals surface area contributed by atoms with Crippen molar-refractivity contribution in [2.45, 2.75) is 52.1 Å². The van der Waals surface area contributed by atoms with Crippen LogP contribution in [0, 0.1) is 11.8 Å². The van der Waals surface area contributed by atoms with Gasteiger partial charge in [-0.1, -0.05) is 36.4 Å². The minimum Gasteiger partial charge on any atom is -0.444 e. The van der Waals surface area contributed by atoms with Crippen LogP contribution in [-0.2, 0) is 9.53 Å². The van der Waals surface area contributed by atoms with Crippen molar-refractivity contribution in [3.05, 3.63) is 48.0 Å². The van der Waals surface area contributed by atoms with E-state index in [-0.39, 0.29) is 29.7 Å². The standard InChI is InChI=1S/C29H39N3O4/c1-29(2,3)36-28(35)30(4)18-21-10-8-16-31(19-21)26(33)23-13-9-17-32(20-23)27(34)25-15-7-12-22-11-5-6-14-24(22)25/h5-7,11-12,14-15,21,23H,8-10,13,16-20H2,1-4H3. The molecule has 2 unspecified atom stereocenters. The van der Waals surface area contributed by atoms with E-state index >= 15 is 0 Å². The number of hydrogen-bond acceptors (Lipinski definition) is 4. The first-order valence-corrected chi connectivity index (χ1v) is 13.1. The minimum absolute atomic E-state index is 0.000179. The Labute approximate surface area is 214 Å². The largest absolute Gasteiger partial charge is 0.444 e. The highest BCUT2D eigenvalue weighted by Gasteiger charge is 2.34. The molecular formula is C29H39N3O4. The van der Waals surface area contributed by atoms with Crippen LogP contribution in [0.15, 0.2) is 42.5 Å². The Hall–Kier alpha value is -3.09. The van der Waals surface area contributed by atoms with E-state index in [9.17, 15) is 14.4 Å². The van der Waals surface area contributed by atoms with E-state index < -0.39 is 5.60 Å². The topological polar surface area (TPSA) is 70.2 Å². The highest BCUT2D eigenvalue weighted by atomic mass is 16.6. The summed E-state index contributed by atoms with van der Waals surface area (Å²) in [5.74, 6) is 0.173. The molecule has 0 N–H and O–H groups in total. The molecule has 0 spiro atoms. The lowest BCUT2D eigenvalue weighted by molar-refractivity contribution is -0.138. The molecule has 2 heterocycles. The van der Waals surface area contributed by atoms with Crippen LogP contribution in [0.2, 0.25) is 0 Å². The van der Waals surface area contributed by atoms with Crippen LogP contribution in [0.5, 0.6) is 0 Å². The molecule has 3 amide bonds. The Morgan fingerprint density at radius 2 is 1.64 bits per heavy atom. The van der Waals surface area contributed by atoms with Crippen LogP contribution in [0.3, 0.4) is 0 Å². The van der Waals surface area contributed by atoms with Gasteiger partial charge in [0.15, 0.2) is 0 Å². The fraction of sp³-hybridized carbons (Fsp3) is 0.552. The zero-order valence-electron chi connectivity index (χ0n) is 22.0. The number of carbonyl (C=O) groups is 3.